The van der Waals surface area contributed by atoms with E-state index in [0.717, 1.165) is 0 Å². The van der Waals surface area contributed by atoms with Gasteiger partial charge in [0, 0.05) is 0 Å². The molecule has 0 unspecified atom stereocenters. The second kappa shape index (κ2) is 12.0. The Bertz CT molecular complexity index is 1270. The summed E-state index contributed by atoms with van der Waals surface area (Å²) in [4.78, 5) is 0. The van der Waals surface area contributed by atoms with Crippen molar-refractivity contribution in [3.05, 3.63) is 169 Å². The molecule has 0 aliphatic heterocycles. The average Bonchev–Trinajstić information content (AvgIpc) is 2.99. The molecule has 192 valence electrons. The number of hydrogen-bond donors (Lipinski definition) is 0. The molecule has 0 N–H and O–H groups in total. The Labute approximate surface area is 240 Å². The van der Waals surface area contributed by atoms with Crippen molar-refractivity contribution in [3.8, 4) is 0 Å². The van der Waals surface area contributed by atoms with Gasteiger partial charge in [-0.2, -0.15) is 17.3 Å². The van der Waals surface area contributed by atoms with E-state index in [0.29, 0.717) is 0 Å². The predicted molar refractivity (Wildman–Crippen MR) is 166 cm³/mol. The maximum Gasteiger partial charge on any atom is 1.00 e. The third-order valence-electron chi connectivity index (χ3n) is 7.83. The summed E-state index contributed by atoms with van der Waals surface area (Å²) in [7, 11) is -5.00. The second-order valence-corrected chi connectivity index (χ2v) is 18.2. The molecule has 0 fully saturated rings. The van der Waals surface area contributed by atoms with Gasteiger partial charge < -0.3 is 0 Å². The van der Waals surface area contributed by atoms with Gasteiger partial charge in [-0.25, -0.2) is 0 Å². The summed E-state index contributed by atoms with van der Waals surface area (Å²) in [5, 5.41) is 7.21. The van der Waals surface area contributed by atoms with Gasteiger partial charge in [0.05, 0.1) is 16.1 Å². The zero-order valence-corrected chi connectivity index (χ0v) is 24.9. The molecule has 0 aliphatic carbocycles. The molecule has 3 heteroatoms. The maximum absolute atomic E-state index is 4.89. The summed E-state index contributed by atoms with van der Waals surface area (Å²) in [5.74, 6) is 0. The monoisotopic (exact) mass is 572 g/mol. The maximum atomic E-state index is 4.89. The van der Waals surface area contributed by atoms with Crippen molar-refractivity contribution in [2.75, 3.05) is 0 Å². The molecule has 0 saturated heterocycles. The Kier molecular flexibility index (Phi) is 8.76. The van der Waals surface area contributed by atoms with Crippen LogP contribution in [0.5, 0.6) is 0 Å². The van der Waals surface area contributed by atoms with E-state index in [1.54, 1.807) is 5.16 Å². The molecule has 0 atom stereocenters. The van der Waals surface area contributed by atoms with Crippen LogP contribution in [0.1, 0.15) is 5.56 Å². The third kappa shape index (κ3) is 5.03. The van der Waals surface area contributed by atoms with Crippen molar-refractivity contribution in [3.63, 3.8) is 0 Å². The first-order valence-corrected chi connectivity index (χ1v) is 17.9. The summed E-state index contributed by atoms with van der Waals surface area (Å²) >= 11 is 0. The quantitative estimate of drug-likeness (QED) is 0.155. The average molecular weight is 573 g/mol. The minimum absolute atomic E-state index is 0. The van der Waals surface area contributed by atoms with E-state index in [9.17, 15) is 0 Å². The van der Waals surface area contributed by atoms with E-state index in [-0.39, 0.29) is 17.1 Å². The molecule has 38 heavy (non-hydrogen) atoms. The van der Waals surface area contributed by atoms with Crippen LogP contribution in [0.15, 0.2) is 158 Å². The van der Waals surface area contributed by atoms with Crippen LogP contribution in [-0.2, 0) is 17.1 Å². The van der Waals surface area contributed by atoms with Crippen molar-refractivity contribution >= 4 is 42.5 Å². The van der Waals surface area contributed by atoms with E-state index < -0.39 is 16.1 Å². The SMILES string of the molecule is C=C(c1ccccc1)[C-]([Si](C)(c1ccccc1)c1ccccc1)[Si](C)(c1ccccc1)c1ccccc1.[Cu+]. The molecule has 5 aromatic rings. The third-order valence-corrected chi connectivity index (χ3v) is 19.4. The van der Waals surface area contributed by atoms with Crippen LogP contribution in [0.25, 0.3) is 5.57 Å². The van der Waals surface area contributed by atoms with Gasteiger partial charge in [0.2, 0.25) is 0 Å². The summed E-state index contributed by atoms with van der Waals surface area (Å²) in [6.45, 7) is 9.97. The van der Waals surface area contributed by atoms with Crippen LogP contribution >= 0.6 is 0 Å². The van der Waals surface area contributed by atoms with Crippen LogP contribution in [0.2, 0.25) is 13.1 Å². The Hall–Kier alpha value is -3.34. The van der Waals surface area contributed by atoms with Gasteiger partial charge in [-0.15, -0.1) is 17.7 Å². The molecule has 5 rings (SSSR count). The van der Waals surface area contributed by atoms with Gasteiger partial charge >= 0.3 is 17.1 Å². The van der Waals surface area contributed by atoms with Gasteiger partial charge in [0.25, 0.3) is 0 Å². The zero-order valence-electron chi connectivity index (χ0n) is 21.9. The van der Waals surface area contributed by atoms with E-state index in [4.69, 9.17) is 6.58 Å². The minimum atomic E-state index is -2.50. The van der Waals surface area contributed by atoms with Crippen LogP contribution in [0.4, 0.5) is 0 Å². The summed E-state index contributed by atoms with van der Waals surface area (Å²) < 4.78 is 0. The fraction of sp³-hybridized carbons (Fsp3) is 0.0571. The van der Waals surface area contributed by atoms with E-state index >= 15 is 0 Å². The smallest absolute Gasteiger partial charge is 0.199 e. The molecular formula is C35H33CuSi2. The predicted octanol–water partition coefficient (Wildman–Crippen LogP) is 6.14. The Morgan fingerprint density at radius 2 is 0.684 bits per heavy atom. The van der Waals surface area contributed by atoms with Gasteiger partial charge in [-0.05, 0) is 0 Å². The summed E-state index contributed by atoms with van der Waals surface area (Å²) in [5.41, 5.74) is 2.37. The van der Waals surface area contributed by atoms with Crippen molar-refractivity contribution in [2.45, 2.75) is 13.1 Å². The van der Waals surface area contributed by atoms with Crippen molar-refractivity contribution in [1.29, 1.82) is 0 Å². The molecule has 0 aromatic heterocycles. The normalized spacial score (nSPS) is 11.3. The molecule has 0 aliphatic rings. The number of benzene rings is 5. The number of rotatable bonds is 8. The fourth-order valence-electron chi connectivity index (χ4n) is 5.88. The van der Waals surface area contributed by atoms with E-state index in [1.165, 1.54) is 31.9 Å². The number of allylic oxidation sites excluding steroid dienone is 1. The first kappa shape index (κ1) is 27.7. The fourth-order valence-corrected chi connectivity index (χ4v) is 18.4. The van der Waals surface area contributed by atoms with Gasteiger partial charge in [-0.3, -0.25) is 0 Å². The van der Waals surface area contributed by atoms with Crippen LogP contribution in [0.3, 0.4) is 0 Å². The molecule has 0 nitrogen and oxygen atoms in total. The molecular weight excluding hydrogens is 540 g/mol. The molecule has 0 amide bonds. The molecule has 0 spiro atoms. The molecule has 0 radical (unpaired) electrons. The minimum Gasteiger partial charge on any atom is -0.199 e. The molecule has 0 bridgehead atoms. The van der Waals surface area contributed by atoms with Gasteiger partial charge in [0.1, 0.15) is 0 Å². The summed E-state index contributed by atoms with van der Waals surface area (Å²) in [6, 6.07) is 55.5. The first-order chi connectivity index (χ1) is 18.1. The topological polar surface area (TPSA) is 0 Å². The van der Waals surface area contributed by atoms with Gasteiger partial charge in [0.15, 0.2) is 0 Å². The second-order valence-electron chi connectivity index (χ2n) is 9.93. The Morgan fingerprint density at radius 1 is 0.447 bits per heavy atom. The van der Waals surface area contributed by atoms with Crippen LogP contribution < -0.4 is 20.7 Å². The van der Waals surface area contributed by atoms with Crippen molar-refractivity contribution in [2.24, 2.45) is 0 Å². The largest absolute Gasteiger partial charge is 1.00 e. The van der Waals surface area contributed by atoms with E-state index in [2.05, 4.69) is 165 Å². The van der Waals surface area contributed by atoms with Crippen molar-refractivity contribution < 1.29 is 17.1 Å². The zero-order chi connectivity index (χ0) is 25.7. The van der Waals surface area contributed by atoms with Crippen LogP contribution in [-0.4, -0.2) is 16.1 Å². The molecule has 5 aromatic carbocycles. The Balaban J connectivity index is 0.00000336. The number of hydrogen-bond acceptors (Lipinski definition) is 0. The molecule has 0 heterocycles. The Morgan fingerprint density at radius 3 is 0.947 bits per heavy atom. The van der Waals surface area contributed by atoms with E-state index in [1.807, 2.05) is 0 Å². The first-order valence-electron chi connectivity index (χ1n) is 12.9. The molecule has 0 saturated carbocycles. The standard InChI is InChI=1S/C35H33Si2.Cu/c1-29(30-19-9-4-10-20-30)35(36(2,31-21-11-5-12-22-31)32-23-13-6-14-24-32)37(3,33-25-15-7-16-26-33)34-27-17-8-18-28-34;/h4-28H,1H2,2-3H3;/q-1;+1. The van der Waals surface area contributed by atoms with Crippen LogP contribution in [0, 0.1) is 5.16 Å². The summed E-state index contributed by atoms with van der Waals surface area (Å²) in [6.07, 6.45) is 0. The van der Waals surface area contributed by atoms with Gasteiger partial charge in [-0.1, -0.05) is 173 Å². The van der Waals surface area contributed by atoms with Crippen molar-refractivity contribution in [1.82, 2.24) is 0 Å².